The molecule has 0 unspecified atom stereocenters. The summed E-state index contributed by atoms with van der Waals surface area (Å²) in [6, 6.07) is 10.9. The third kappa shape index (κ3) is 64.1. The zero-order valence-electron chi connectivity index (χ0n) is 40.7. The van der Waals surface area contributed by atoms with Gasteiger partial charge in [0, 0.05) is 76.7 Å². The molecule has 13 nitrogen and oxygen atoms in total. The lowest BCUT2D eigenvalue weighted by Gasteiger charge is -2.12. The van der Waals surface area contributed by atoms with Crippen molar-refractivity contribution in [2.24, 2.45) is 17.8 Å². The van der Waals surface area contributed by atoms with Crippen molar-refractivity contribution in [3.8, 4) is 0 Å². The topological polar surface area (TPSA) is 161 Å². The first-order chi connectivity index (χ1) is 26.0. The first-order valence-electron chi connectivity index (χ1n) is 19.8. The molecule has 0 saturated carbocycles. The van der Waals surface area contributed by atoms with E-state index in [1.54, 1.807) is 46.9 Å². The number of thiocarbonyl (C=S) groups is 1. The quantitative estimate of drug-likeness (QED) is 0.0985. The second-order valence-electron chi connectivity index (χ2n) is 14.6. The van der Waals surface area contributed by atoms with E-state index in [4.69, 9.17) is 12.2 Å². The van der Waals surface area contributed by atoms with Gasteiger partial charge in [-0.05, 0) is 81.7 Å². The number of methoxy groups -OCH3 is 1. The molecule has 0 bridgehead atoms. The van der Waals surface area contributed by atoms with Gasteiger partial charge in [0.05, 0.1) is 13.0 Å². The number of carbonyl (C=O) groups is 5. The van der Waals surface area contributed by atoms with Crippen molar-refractivity contribution in [2.75, 3.05) is 49.4 Å². The fraction of sp³-hybridized carbons (Fsp3) is 0.727. The number of rotatable bonds is 8. The molecule has 0 aromatic heterocycles. The summed E-state index contributed by atoms with van der Waals surface area (Å²) in [7, 11) is 12.5. The van der Waals surface area contributed by atoms with E-state index in [0.717, 1.165) is 5.56 Å². The van der Waals surface area contributed by atoms with Crippen LogP contribution < -0.4 is 26.6 Å². The van der Waals surface area contributed by atoms with Crippen molar-refractivity contribution in [1.82, 2.24) is 36.4 Å². The Balaban J connectivity index is -0.0000000836. The summed E-state index contributed by atoms with van der Waals surface area (Å²) >= 11 is 4.81. The third-order valence-electron chi connectivity index (χ3n) is 6.01. The molecule has 0 radical (unpaired) electrons. The number of hydrogen-bond acceptors (Lipinski definition) is 8. The molecule has 0 heterocycles. The maximum Gasteiger partial charge on any atom is 0.314 e. The van der Waals surface area contributed by atoms with Gasteiger partial charge in [-0.3, -0.25) is 19.2 Å². The average Bonchev–Trinajstić information content (AvgIpc) is 3.11. The summed E-state index contributed by atoms with van der Waals surface area (Å²) in [6.45, 7) is 32.8. The van der Waals surface area contributed by atoms with Gasteiger partial charge >= 0.3 is 12.0 Å². The van der Waals surface area contributed by atoms with Gasteiger partial charge in [-0.25, -0.2) is 4.79 Å². The lowest BCUT2D eigenvalue weighted by Crippen LogP contribution is -2.37. The number of benzene rings is 1. The average molecular weight is 848 g/mol. The molecular formula is C44H93N7O6S. The van der Waals surface area contributed by atoms with Gasteiger partial charge in [0.1, 0.15) is 0 Å². The Bertz CT molecular complexity index is 1090. The number of ether oxygens (including phenoxy) is 1. The Morgan fingerprint density at radius 1 is 0.621 bits per heavy atom. The van der Waals surface area contributed by atoms with Crippen LogP contribution in [-0.4, -0.2) is 118 Å². The lowest BCUT2D eigenvalue weighted by molar-refractivity contribution is -0.144. The number of amides is 4. The Labute approximate surface area is 363 Å². The van der Waals surface area contributed by atoms with E-state index in [0.29, 0.717) is 17.2 Å². The molecule has 0 aliphatic carbocycles. The van der Waals surface area contributed by atoms with E-state index in [1.165, 1.54) is 14.0 Å². The number of carbonyl (C=O) groups excluding carboxylic acids is 5. The standard InChI is InChI=1S/C10H12O.C6H13NO.C5H12N2O.C5H12N2S.C5H11NO.C5H13N.C5H10O2.C2H6.CH4/c1-8(2)10(11)9-6-4-3-5-7-9;1-5(2)6(8)7(3)4;2*1-4(2)7-5(8)6-3;1-4(2)6-5(3)7;1-5(2)6(3)4;1-4(2)5(6)7-3;1-2;/h3-8H,1-2H3;5H,1-4H3;2*4H,1-3H3,(H2,6,7,8);4H,1-3H3,(H,6,7);5H,1-4H3;4H,1-3H3;1-2H3;1H4. The van der Waals surface area contributed by atoms with E-state index >= 15 is 0 Å². The van der Waals surface area contributed by atoms with Crippen molar-refractivity contribution in [3.63, 3.8) is 0 Å². The minimum Gasteiger partial charge on any atom is -0.469 e. The third-order valence-corrected chi connectivity index (χ3v) is 6.33. The Hall–Kier alpha value is -3.78. The van der Waals surface area contributed by atoms with E-state index in [9.17, 15) is 24.0 Å². The first-order valence-corrected chi connectivity index (χ1v) is 20.2. The molecule has 1 rings (SSSR count). The minimum atomic E-state index is -0.153. The minimum absolute atomic E-state index is 0. The largest absolute Gasteiger partial charge is 0.469 e. The summed E-state index contributed by atoms with van der Waals surface area (Å²) in [5.41, 5.74) is 0.808. The van der Waals surface area contributed by atoms with E-state index in [2.05, 4.69) is 64.2 Å². The maximum absolute atomic E-state index is 11.3. The highest BCUT2D eigenvalue weighted by Crippen LogP contribution is 2.06. The second-order valence-corrected chi connectivity index (χ2v) is 15.0. The molecule has 0 aliphatic heterocycles. The number of esters is 1. The Morgan fingerprint density at radius 2 is 1.00 bits per heavy atom. The fourth-order valence-corrected chi connectivity index (χ4v) is 3.00. The van der Waals surface area contributed by atoms with Crippen molar-refractivity contribution in [3.05, 3.63) is 35.9 Å². The molecule has 1 aromatic carbocycles. The summed E-state index contributed by atoms with van der Waals surface area (Å²) in [5, 5.41) is 14.3. The van der Waals surface area contributed by atoms with Crippen LogP contribution in [0, 0.1) is 17.8 Å². The number of nitrogens with one attached hydrogen (secondary N) is 5. The summed E-state index contributed by atoms with van der Waals surface area (Å²) in [6.07, 6.45) is 0. The predicted octanol–water partition coefficient (Wildman–Crippen LogP) is 8.03. The van der Waals surface area contributed by atoms with Crippen LogP contribution in [0.1, 0.15) is 135 Å². The lowest BCUT2D eigenvalue weighted by atomic mass is 10.0. The van der Waals surface area contributed by atoms with E-state index < -0.39 is 0 Å². The monoisotopic (exact) mass is 848 g/mol. The molecule has 346 valence electrons. The highest BCUT2D eigenvalue weighted by molar-refractivity contribution is 7.80. The van der Waals surface area contributed by atoms with Crippen LogP contribution >= 0.6 is 12.2 Å². The second kappa shape index (κ2) is 47.6. The van der Waals surface area contributed by atoms with Crippen molar-refractivity contribution < 1.29 is 28.7 Å². The zero-order valence-corrected chi connectivity index (χ0v) is 41.5. The summed E-state index contributed by atoms with van der Waals surface area (Å²) in [5.74, 6) is 0.512. The predicted molar refractivity (Wildman–Crippen MR) is 255 cm³/mol. The molecule has 1 aromatic rings. The van der Waals surface area contributed by atoms with Crippen LogP contribution in [0.2, 0.25) is 0 Å². The van der Waals surface area contributed by atoms with Gasteiger partial charge in [0.2, 0.25) is 11.8 Å². The molecule has 14 heteroatoms. The molecule has 0 aliphatic rings. The van der Waals surface area contributed by atoms with Gasteiger partial charge in [-0.2, -0.15) is 0 Å². The van der Waals surface area contributed by atoms with Crippen molar-refractivity contribution >= 4 is 46.9 Å². The van der Waals surface area contributed by atoms with Crippen LogP contribution in [0.15, 0.2) is 30.3 Å². The molecule has 0 atom stereocenters. The number of Topliss-reactive ketones (excluding diaryl/α,β-unsaturated/α-hetero) is 1. The van der Waals surface area contributed by atoms with Crippen LogP contribution in [0.3, 0.4) is 0 Å². The highest BCUT2D eigenvalue weighted by Gasteiger charge is 2.08. The maximum atomic E-state index is 11.3. The Morgan fingerprint density at radius 3 is 1.12 bits per heavy atom. The number of urea groups is 1. The van der Waals surface area contributed by atoms with Gasteiger partial charge in [-0.1, -0.05) is 93.1 Å². The number of nitrogens with zero attached hydrogens (tertiary/aromatic N) is 2. The molecule has 0 saturated heterocycles. The molecule has 4 amide bonds. The van der Waals surface area contributed by atoms with Crippen molar-refractivity contribution in [2.45, 2.75) is 149 Å². The van der Waals surface area contributed by atoms with Crippen LogP contribution in [0.5, 0.6) is 0 Å². The molecule has 5 N–H and O–H groups in total. The van der Waals surface area contributed by atoms with Crippen LogP contribution in [-0.2, 0) is 19.1 Å². The molecule has 0 spiro atoms. The van der Waals surface area contributed by atoms with Crippen LogP contribution in [0.4, 0.5) is 4.79 Å². The van der Waals surface area contributed by atoms with Gasteiger partial charge in [0.15, 0.2) is 10.9 Å². The highest BCUT2D eigenvalue weighted by atomic mass is 32.1. The van der Waals surface area contributed by atoms with E-state index in [-0.39, 0.29) is 66.9 Å². The smallest absolute Gasteiger partial charge is 0.314 e. The summed E-state index contributed by atoms with van der Waals surface area (Å²) in [4.78, 5) is 56.7. The van der Waals surface area contributed by atoms with Gasteiger partial charge in [0.25, 0.3) is 0 Å². The van der Waals surface area contributed by atoms with Gasteiger partial charge < -0.3 is 41.1 Å². The summed E-state index contributed by atoms with van der Waals surface area (Å²) < 4.78 is 4.37. The zero-order chi connectivity index (χ0) is 47.0. The normalized spacial score (nSPS) is 9.17. The molecular weight excluding hydrogens is 755 g/mol. The molecule has 0 fully saturated rings. The fourth-order valence-electron chi connectivity index (χ4n) is 2.76. The molecule has 58 heavy (non-hydrogen) atoms. The Kier molecular flexibility index (Phi) is 59.0. The van der Waals surface area contributed by atoms with Gasteiger partial charge in [-0.15, -0.1) is 0 Å². The van der Waals surface area contributed by atoms with Crippen LogP contribution in [0.25, 0.3) is 0 Å². The first kappa shape index (κ1) is 71.9. The number of ketones is 1. The van der Waals surface area contributed by atoms with Crippen molar-refractivity contribution in [1.29, 1.82) is 0 Å². The number of hydrogen-bond donors (Lipinski definition) is 5. The SMILES string of the molecule is C.CC.CC(=O)NC(C)C.CC(C)C(=O)N(C)C.CC(C)C(=O)c1ccccc1.CC(C)N(C)C.CNC(=O)NC(C)C.CNC(=S)NC(C)C.COC(=O)C(C)C. The van der Waals surface area contributed by atoms with E-state index in [1.807, 2.05) is 113 Å².